The number of hydrogen-bond acceptors (Lipinski definition) is 4. The summed E-state index contributed by atoms with van der Waals surface area (Å²) in [6, 6.07) is 14.5. The molecule has 0 amide bonds. The van der Waals surface area contributed by atoms with Gasteiger partial charge in [0.25, 0.3) is 0 Å². The highest BCUT2D eigenvalue weighted by Crippen LogP contribution is 2.56. The summed E-state index contributed by atoms with van der Waals surface area (Å²) >= 11 is 6.20. The maximum absolute atomic E-state index is 14.4. The van der Waals surface area contributed by atoms with Crippen LogP contribution in [0.3, 0.4) is 0 Å². The van der Waals surface area contributed by atoms with Gasteiger partial charge in [-0.3, -0.25) is 4.98 Å². The van der Waals surface area contributed by atoms with Crippen LogP contribution in [0, 0.1) is 17.7 Å². The lowest BCUT2D eigenvalue weighted by atomic mass is 9.59. The van der Waals surface area contributed by atoms with Gasteiger partial charge in [-0.05, 0) is 128 Å². The zero-order valence-electron chi connectivity index (χ0n) is 25.3. The summed E-state index contributed by atoms with van der Waals surface area (Å²) in [7, 11) is 0. The van der Waals surface area contributed by atoms with Gasteiger partial charge in [0.1, 0.15) is 17.1 Å². The van der Waals surface area contributed by atoms with E-state index in [0.29, 0.717) is 42.0 Å². The van der Waals surface area contributed by atoms with Crippen LogP contribution in [0.25, 0.3) is 0 Å². The molecule has 5 nitrogen and oxygen atoms in total. The summed E-state index contributed by atoms with van der Waals surface area (Å²) in [5.41, 5.74) is 4.14. The van der Waals surface area contributed by atoms with Crippen molar-refractivity contribution in [3.63, 3.8) is 0 Å². The van der Waals surface area contributed by atoms with E-state index in [2.05, 4.69) is 26.1 Å². The van der Waals surface area contributed by atoms with Crippen molar-refractivity contribution in [2.75, 3.05) is 11.9 Å². The van der Waals surface area contributed by atoms with Crippen LogP contribution in [0.1, 0.15) is 99.9 Å². The number of fused-ring (bicyclic) bond motifs is 3. The van der Waals surface area contributed by atoms with Crippen molar-refractivity contribution in [3.05, 3.63) is 88.0 Å². The predicted octanol–water partition coefficient (Wildman–Crippen LogP) is 8.90. The van der Waals surface area contributed by atoms with E-state index in [1.54, 1.807) is 24.3 Å². The van der Waals surface area contributed by atoms with Crippen molar-refractivity contribution in [2.24, 2.45) is 11.8 Å². The zero-order valence-corrected chi connectivity index (χ0v) is 26.1. The molecule has 228 valence electrons. The first-order valence-electron chi connectivity index (χ1n) is 15.8. The molecule has 0 radical (unpaired) electrons. The number of carboxylic acids is 1. The molecule has 7 heteroatoms. The third kappa shape index (κ3) is 5.63. The molecule has 4 atom stereocenters. The topological polar surface area (TPSA) is 71.5 Å². The molecular weight excluding hydrogens is 563 g/mol. The predicted molar refractivity (Wildman–Crippen MR) is 169 cm³/mol. The molecule has 1 saturated carbocycles. The Labute approximate surface area is 259 Å². The molecular formula is C36H42ClFN2O3. The second kappa shape index (κ2) is 11.8. The van der Waals surface area contributed by atoms with Crippen molar-refractivity contribution >= 4 is 23.3 Å². The normalized spacial score (nSPS) is 28.6. The van der Waals surface area contributed by atoms with E-state index in [9.17, 15) is 14.3 Å². The van der Waals surface area contributed by atoms with Gasteiger partial charge in [0.05, 0.1) is 12.3 Å². The molecule has 3 aliphatic carbocycles. The number of anilines is 1. The summed E-state index contributed by atoms with van der Waals surface area (Å²) < 4.78 is 20.9. The number of carbonyl (C=O) groups is 1. The average molecular weight is 605 g/mol. The van der Waals surface area contributed by atoms with Crippen LogP contribution in [0.2, 0.25) is 5.02 Å². The molecule has 1 heterocycles. The molecule has 3 aliphatic rings. The van der Waals surface area contributed by atoms with Crippen LogP contribution >= 0.6 is 11.6 Å². The first-order valence-corrected chi connectivity index (χ1v) is 16.2. The van der Waals surface area contributed by atoms with Crippen LogP contribution in [-0.4, -0.2) is 28.2 Å². The summed E-state index contributed by atoms with van der Waals surface area (Å²) in [6.45, 7) is 7.35. The van der Waals surface area contributed by atoms with Crippen molar-refractivity contribution in [2.45, 2.75) is 94.9 Å². The number of ether oxygens (including phenoxy) is 1. The Hall–Kier alpha value is -3.12. The second-order valence-electron chi connectivity index (χ2n) is 13.5. The Kier molecular flexibility index (Phi) is 8.18. The summed E-state index contributed by atoms with van der Waals surface area (Å²) in [6.07, 6.45) is 8.31. The Morgan fingerprint density at radius 1 is 1.12 bits per heavy atom. The molecule has 2 aromatic carbocycles. The molecule has 2 N–H and O–H groups in total. The third-order valence-corrected chi connectivity index (χ3v) is 10.9. The van der Waals surface area contributed by atoms with E-state index in [-0.39, 0.29) is 23.1 Å². The van der Waals surface area contributed by atoms with E-state index in [0.717, 1.165) is 49.8 Å². The van der Waals surface area contributed by atoms with Gasteiger partial charge in [-0.2, -0.15) is 0 Å². The molecule has 0 aliphatic heterocycles. The maximum atomic E-state index is 14.4. The summed E-state index contributed by atoms with van der Waals surface area (Å²) in [5.74, 6) is 1.34. The van der Waals surface area contributed by atoms with Crippen LogP contribution in [0.4, 0.5) is 10.1 Å². The van der Waals surface area contributed by atoms with E-state index < -0.39 is 11.5 Å². The van der Waals surface area contributed by atoms with E-state index in [1.807, 2.05) is 30.5 Å². The number of benzene rings is 2. The van der Waals surface area contributed by atoms with Gasteiger partial charge in [-0.1, -0.05) is 44.5 Å². The first kappa shape index (κ1) is 29.9. The number of nitrogens with one attached hydrogen (secondary N) is 1. The summed E-state index contributed by atoms with van der Waals surface area (Å²) in [5, 5.41) is 14.3. The smallest absolute Gasteiger partial charge is 0.329 e. The Morgan fingerprint density at radius 3 is 2.63 bits per heavy atom. The number of aromatic nitrogens is 1. The molecule has 6 rings (SSSR count). The number of aliphatic carboxylic acids is 1. The van der Waals surface area contributed by atoms with Gasteiger partial charge in [0.15, 0.2) is 0 Å². The Morgan fingerprint density at radius 2 is 1.88 bits per heavy atom. The highest BCUT2D eigenvalue weighted by atomic mass is 35.5. The minimum Gasteiger partial charge on any atom is -0.493 e. The lowest BCUT2D eigenvalue weighted by molar-refractivity contribution is -0.144. The van der Waals surface area contributed by atoms with Gasteiger partial charge in [0.2, 0.25) is 0 Å². The van der Waals surface area contributed by atoms with Gasteiger partial charge >= 0.3 is 5.97 Å². The average Bonchev–Trinajstić information content (AvgIpc) is 3.26. The number of pyridine rings is 1. The fourth-order valence-electron chi connectivity index (χ4n) is 8.29. The second-order valence-corrected chi connectivity index (χ2v) is 14.0. The van der Waals surface area contributed by atoms with Crippen molar-refractivity contribution < 1.29 is 19.0 Å². The van der Waals surface area contributed by atoms with Crippen LogP contribution in [-0.2, 0) is 16.6 Å². The zero-order chi connectivity index (χ0) is 30.4. The number of rotatable bonds is 8. The minimum absolute atomic E-state index is 0.188. The molecule has 0 bridgehead atoms. The van der Waals surface area contributed by atoms with Gasteiger partial charge in [-0.15, -0.1) is 0 Å². The number of halogens is 2. The van der Waals surface area contributed by atoms with Crippen LogP contribution < -0.4 is 10.1 Å². The van der Waals surface area contributed by atoms with E-state index in [1.165, 1.54) is 16.8 Å². The summed E-state index contributed by atoms with van der Waals surface area (Å²) in [4.78, 5) is 17.4. The quantitative estimate of drug-likeness (QED) is 0.269. The fraction of sp³-hybridized carbons (Fsp3) is 0.500. The monoisotopic (exact) mass is 604 g/mol. The SMILES string of the molecule is C[C@@H](COc1ccnc2c1[C@H](C)CC[C@H]2C)CC1Cc2cc(F)ccc2C12CCC(Nc1cccc(Cl)c1)(C(=O)O)CC2. The van der Waals surface area contributed by atoms with Crippen molar-refractivity contribution in [3.8, 4) is 5.75 Å². The highest BCUT2D eigenvalue weighted by Gasteiger charge is 2.54. The van der Waals surface area contributed by atoms with E-state index in [4.69, 9.17) is 21.3 Å². The number of carboxylic acid groups (broad SMARTS) is 1. The first-order chi connectivity index (χ1) is 20.6. The fourth-order valence-corrected chi connectivity index (χ4v) is 8.48. The molecule has 1 aromatic heterocycles. The van der Waals surface area contributed by atoms with Gasteiger partial charge in [-0.25, -0.2) is 9.18 Å². The van der Waals surface area contributed by atoms with Gasteiger partial charge in [0, 0.05) is 22.5 Å². The molecule has 1 unspecified atom stereocenters. The van der Waals surface area contributed by atoms with E-state index >= 15 is 0 Å². The number of nitrogens with zero attached hydrogens (tertiary/aromatic N) is 1. The van der Waals surface area contributed by atoms with Gasteiger partial charge < -0.3 is 15.2 Å². The third-order valence-electron chi connectivity index (χ3n) is 10.6. The largest absolute Gasteiger partial charge is 0.493 e. The Balaban J connectivity index is 1.21. The highest BCUT2D eigenvalue weighted by molar-refractivity contribution is 6.30. The minimum atomic E-state index is -1.08. The molecule has 43 heavy (non-hydrogen) atoms. The standard InChI is InChI=1S/C36H42ClFN2O3/c1-22(21-43-31-11-16-39-33-24(3)8-7-23(2)32(31)33)17-26-18-25-19-28(38)9-10-30(25)35(26)12-14-36(15-13-35,34(41)42)40-29-6-4-5-27(37)20-29/h4-6,9-11,16,19-20,22-24,26,40H,7-8,12-15,17-18,21H2,1-3H3,(H,41,42)/t22-,23-,24-,26?,35?,36?/m1/s1. The molecule has 0 saturated heterocycles. The molecule has 1 spiro atoms. The number of hydrogen-bond donors (Lipinski definition) is 2. The molecule has 3 aromatic rings. The van der Waals surface area contributed by atoms with Crippen molar-refractivity contribution in [1.29, 1.82) is 0 Å². The lowest BCUT2D eigenvalue weighted by Crippen LogP contribution is -2.53. The van der Waals surface area contributed by atoms with Crippen LogP contribution in [0.5, 0.6) is 5.75 Å². The lowest BCUT2D eigenvalue weighted by Gasteiger charge is -2.47. The maximum Gasteiger partial charge on any atom is 0.329 e. The molecule has 1 fully saturated rings. The Bertz CT molecular complexity index is 1500. The van der Waals surface area contributed by atoms with Crippen LogP contribution in [0.15, 0.2) is 54.7 Å². The van der Waals surface area contributed by atoms with Crippen molar-refractivity contribution in [1.82, 2.24) is 4.98 Å².